The monoisotopic (exact) mass is 308 g/mol. The van der Waals surface area contributed by atoms with Crippen molar-refractivity contribution in [2.45, 2.75) is 0 Å². The molecule has 0 spiro atoms. The zero-order chi connectivity index (χ0) is 13.1. The third-order valence-corrected chi connectivity index (χ3v) is 2.85. The summed E-state index contributed by atoms with van der Waals surface area (Å²) in [6, 6.07) is 7.12. The summed E-state index contributed by atoms with van der Waals surface area (Å²) in [5, 5.41) is 8.99. The predicted molar refractivity (Wildman–Crippen MR) is 68.7 cm³/mol. The first-order chi connectivity index (χ1) is 8.61. The molecule has 1 aromatic heterocycles. The molecule has 1 heterocycles. The molecule has 0 radical (unpaired) electrons. The van der Waals surface area contributed by atoms with Gasteiger partial charge in [0.1, 0.15) is 5.75 Å². The van der Waals surface area contributed by atoms with Crippen LogP contribution in [0.4, 0.5) is 0 Å². The van der Waals surface area contributed by atoms with E-state index in [1.165, 1.54) is 6.20 Å². The Morgan fingerprint density at radius 1 is 1.44 bits per heavy atom. The summed E-state index contributed by atoms with van der Waals surface area (Å²) in [7, 11) is 1.56. The van der Waals surface area contributed by atoms with Crippen molar-refractivity contribution in [1.82, 2.24) is 9.97 Å². The highest BCUT2D eigenvalue weighted by atomic mass is 79.9. The van der Waals surface area contributed by atoms with E-state index in [1.807, 2.05) is 0 Å². The van der Waals surface area contributed by atoms with Crippen LogP contribution in [0.3, 0.4) is 0 Å². The number of benzene rings is 1. The van der Waals surface area contributed by atoms with E-state index in [9.17, 15) is 4.79 Å². The van der Waals surface area contributed by atoms with Gasteiger partial charge in [-0.3, -0.25) is 0 Å². The largest absolute Gasteiger partial charge is 0.497 e. The number of carboxylic acid groups (broad SMARTS) is 1. The molecule has 0 aliphatic rings. The van der Waals surface area contributed by atoms with E-state index in [2.05, 4.69) is 25.9 Å². The van der Waals surface area contributed by atoms with Crippen molar-refractivity contribution >= 4 is 21.9 Å². The minimum absolute atomic E-state index is 0.0668. The fourth-order valence-electron chi connectivity index (χ4n) is 1.42. The van der Waals surface area contributed by atoms with Crippen LogP contribution in [0.25, 0.3) is 11.4 Å². The predicted octanol–water partition coefficient (Wildman–Crippen LogP) is 2.61. The molecular formula is C12H9BrN2O3. The van der Waals surface area contributed by atoms with Gasteiger partial charge in [-0.05, 0) is 28.1 Å². The first-order valence-corrected chi connectivity index (χ1v) is 5.81. The number of carboxylic acids is 1. The maximum absolute atomic E-state index is 11.0. The molecule has 0 aliphatic heterocycles. The summed E-state index contributed by atoms with van der Waals surface area (Å²) in [6.45, 7) is 0. The van der Waals surface area contributed by atoms with Gasteiger partial charge >= 0.3 is 5.97 Å². The quantitative estimate of drug-likeness (QED) is 0.943. The van der Waals surface area contributed by atoms with E-state index in [-0.39, 0.29) is 5.69 Å². The molecule has 5 nitrogen and oxygen atoms in total. The molecule has 0 bridgehead atoms. The van der Waals surface area contributed by atoms with Gasteiger partial charge in [0.15, 0.2) is 11.5 Å². The molecule has 1 N–H and O–H groups in total. The van der Waals surface area contributed by atoms with E-state index >= 15 is 0 Å². The highest BCUT2D eigenvalue weighted by Crippen LogP contribution is 2.23. The number of ether oxygens (including phenoxy) is 1. The highest BCUT2D eigenvalue weighted by Gasteiger charge is 2.13. The molecule has 6 heteroatoms. The highest BCUT2D eigenvalue weighted by molar-refractivity contribution is 9.10. The van der Waals surface area contributed by atoms with Gasteiger partial charge in [0, 0.05) is 11.8 Å². The minimum Gasteiger partial charge on any atom is -0.497 e. The number of aromatic carboxylic acids is 1. The number of methoxy groups -OCH3 is 1. The zero-order valence-corrected chi connectivity index (χ0v) is 11.0. The molecule has 0 saturated heterocycles. The standard InChI is InChI=1S/C12H9BrN2O3/c1-18-8-4-2-3-7(5-8)11-14-6-9(13)10(15-11)12(16)17/h2-6H,1H3,(H,16,17). The van der Waals surface area contributed by atoms with Crippen molar-refractivity contribution in [3.05, 3.63) is 40.6 Å². The summed E-state index contributed by atoms with van der Waals surface area (Å²) >= 11 is 3.10. The van der Waals surface area contributed by atoms with Gasteiger partial charge in [-0.1, -0.05) is 12.1 Å². The summed E-state index contributed by atoms with van der Waals surface area (Å²) in [4.78, 5) is 19.1. The van der Waals surface area contributed by atoms with Gasteiger partial charge in [0.2, 0.25) is 0 Å². The lowest BCUT2D eigenvalue weighted by Crippen LogP contribution is -2.04. The molecule has 2 rings (SSSR count). The third kappa shape index (κ3) is 2.48. The van der Waals surface area contributed by atoms with E-state index in [4.69, 9.17) is 9.84 Å². The second kappa shape index (κ2) is 5.14. The first kappa shape index (κ1) is 12.5. The lowest BCUT2D eigenvalue weighted by molar-refractivity contribution is 0.0689. The SMILES string of the molecule is COc1cccc(-c2ncc(Br)c(C(=O)O)n2)c1. The molecule has 0 amide bonds. The van der Waals surface area contributed by atoms with Crippen LogP contribution in [-0.4, -0.2) is 28.2 Å². The Balaban J connectivity index is 2.50. The van der Waals surface area contributed by atoms with Crippen LogP contribution in [0.15, 0.2) is 34.9 Å². The maximum atomic E-state index is 11.0. The van der Waals surface area contributed by atoms with E-state index in [0.717, 1.165) is 0 Å². The molecule has 0 fully saturated rings. The van der Waals surface area contributed by atoms with Crippen LogP contribution >= 0.6 is 15.9 Å². The summed E-state index contributed by atoms with van der Waals surface area (Å²) < 4.78 is 5.45. The minimum atomic E-state index is -1.10. The molecule has 0 saturated carbocycles. The Bertz CT molecular complexity index is 602. The Hall–Kier alpha value is -1.95. The smallest absolute Gasteiger partial charge is 0.355 e. The van der Waals surface area contributed by atoms with E-state index in [1.54, 1.807) is 31.4 Å². The average Bonchev–Trinajstić information content (AvgIpc) is 2.39. The van der Waals surface area contributed by atoms with Gasteiger partial charge < -0.3 is 9.84 Å². The summed E-state index contributed by atoms with van der Waals surface area (Å²) in [5.41, 5.74) is 0.632. The normalized spacial score (nSPS) is 10.1. The average molecular weight is 309 g/mol. The Morgan fingerprint density at radius 3 is 2.89 bits per heavy atom. The molecule has 18 heavy (non-hydrogen) atoms. The summed E-state index contributed by atoms with van der Waals surface area (Å²) in [5.74, 6) is -0.0983. The lowest BCUT2D eigenvalue weighted by atomic mass is 10.2. The number of halogens is 1. The second-order valence-electron chi connectivity index (χ2n) is 3.43. The first-order valence-electron chi connectivity index (χ1n) is 5.02. The number of hydrogen-bond acceptors (Lipinski definition) is 4. The number of aromatic nitrogens is 2. The zero-order valence-electron chi connectivity index (χ0n) is 9.42. The van der Waals surface area contributed by atoms with Gasteiger partial charge in [-0.25, -0.2) is 14.8 Å². The number of carbonyl (C=O) groups is 1. The Labute approximate surface area is 112 Å². The number of nitrogens with zero attached hydrogens (tertiary/aromatic N) is 2. The van der Waals surface area contributed by atoms with Gasteiger partial charge in [0.25, 0.3) is 0 Å². The summed E-state index contributed by atoms with van der Waals surface area (Å²) in [6.07, 6.45) is 1.42. The third-order valence-electron chi connectivity index (χ3n) is 2.27. The van der Waals surface area contributed by atoms with Crippen molar-refractivity contribution in [3.8, 4) is 17.1 Å². The molecular weight excluding hydrogens is 300 g/mol. The van der Waals surface area contributed by atoms with Crippen LogP contribution in [0.5, 0.6) is 5.75 Å². The Morgan fingerprint density at radius 2 is 2.22 bits per heavy atom. The molecule has 0 atom stereocenters. The Kier molecular flexibility index (Phi) is 3.57. The van der Waals surface area contributed by atoms with Gasteiger partial charge in [-0.2, -0.15) is 0 Å². The fourth-order valence-corrected chi connectivity index (χ4v) is 1.78. The number of rotatable bonds is 3. The van der Waals surface area contributed by atoms with Crippen molar-refractivity contribution in [2.75, 3.05) is 7.11 Å². The maximum Gasteiger partial charge on any atom is 0.355 e. The molecule has 1 aromatic carbocycles. The van der Waals surface area contributed by atoms with Crippen molar-refractivity contribution in [2.24, 2.45) is 0 Å². The molecule has 0 aliphatic carbocycles. The van der Waals surface area contributed by atoms with Crippen LogP contribution in [0.1, 0.15) is 10.5 Å². The van der Waals surface area contributed by atoms with Crippen LogP contribution in [0, 0.1) is 0 Å². The van der Waals surface area contributed by atoms with Crippen LogP contribution in [-0.2, 0) is 0 Å². The van der Waals surface area contributed by atoms with Gasteiger partial charge in [-0.15, -0.1) is 0 Å². The fraction of sp³-hybridized carbons (Fsp3) is 0.0833. The van der Waals surface area contributed by atoms with Crippen LogP contribution in [0.2, 0.25) is 0 Å². The van der Waals surface area contributed by atoms with Crippen molar-refractivity contribution in [1.29, 1.82) is 0 Å². The molecule has 0 unspecified atom stereocenters. The van der Waals surface area contributed by atoms with Gasteiger partial charge in [0.05, 0.1) is 11.6 Å². The van der Waals surface area contributed by atoms with Crippen molar-refractivity contribution in [3.63, 3.8) is 0 Å². The lowest BCUT2D eigenvalue weighted by Gasteiger charge is -2.05. The topological polar surface area (TPSA) is 72.3 Å². The molecule has 2 aromatic rings. The number of hydrogen-bond donors (Lipinski definition) is 1. The van der Waals surface area contributed by atoms with Crippen LogP contribution < -0.4 is 4.74 Å². The molecule has 92 valence electrons. The second-order valence-corrected chi connectivity index (χ2v) is 4.28. The van der Waals surface area contributed by atoms with Crippen molar-refractivity contribution < 1.29 is 14.6 Å². The van der Waals surface area contributed by atoms with E-state index < -0.39 is 5.97 Å². The van der Waals surface area contributed by atoms with E-state index in [0.29, 0.717) is 21.6 Å².